The smallest absolute Gasteiger partial charge is 0.168 e. The van der Waals surface area contributed by atoms with E-state index < -0.39 is 0 Å². The fourth-order valence-electron chi connectivity index (χ4n) is 2.04. The molecule has 0 atom stereocenters. The van der Waals surface area contributed by atoms with Gasteiger partial charge in [-0.05, 0) is 24.1 Å². The number of aryl methyl sites for hydroxylation is 1. The summed E-state index contributed by atoms with van der Waals surface area (Å²) in [6.07, 6.45) is 1.98. The Morgan fingerprint density at radius 2 is 1.89 bits per heavy atom. The zero-order chi connectivity index (χ0) is 12.5. The Morgan fingerprint density at radius 3 is 2.61 bits per heavy atom. The molecule has 0 amide bonds. The van der Waals surface area contributed by atoms with Gasteiger partial charge in [-0.2, -0.15) is 0 Å². The van der Waals surface area contributed by atoms with E-state index in [1.807, 2.05) is 53.9 Å². The van der Waals surface area contributed by atoms with Crippen LogP contribution in [0.25, 0.3) is 17.0 Å². The number of aromatic nitrogens is 3. The second-order valence-electron chi connectivity index (χ2n) is 4.31. The molecule has 0 fully saturated rings. The molecule has 4 nitrogen and oxygen atoms in total. The molecule has 4 heteroatoms. The van der Waals surface area contributed by atoms with Crippen molar-refractivity contribution in [2.75, 3.05) is 0 Å². The summed E-state index contributed by atoms with van der Waals surface area (Å²) in [6.45, 7) is 2.59. The van der Waals surface area contributed by atoms with E-state index in [2.05, 4.69) is 10.2 Å². The van der Waals surface area contributed by atoms with Gasteiger partial charge < -0.3 is 5.73 Å². The van der Waals surface area contributed by atoms with Gasteiger partial charge in [0, 0.05) is 18.3 Å². The first-order chi connectivity index (χ1) is 8.79. The lowest BCUT2D eigenvalue weighted by atomic mass is 10.1. The topological polar surface area (TPSA) is 56.2 Å². The molecular formula is C14H14N4. The summed E-state index contributed by atoms with van der Waals surface area (Å²) in [5, 5.41) is 8.49. The average molecular weight is 238 g/mol. The molecule has 1 aromatic carbocycles. The van der Waals surface area contributed by atoms with Gasteiger partial charge in [-0.25, -0.2) is 0 Å². The summed E-state index contributed by atoms with van der Waals surface area (Å²) in [4.78, 5) is 0. The Labute approximate surface area is 105 Å². The molecule has 3 aromatic rings. The highest BCUT2D eigenvalue weighted by molar-refractivity contribution is 5.61. The maximum atomic E-state index is 5.60. The summed E-state index contributed by atoms with van der Waals surface area (Å²) < 4.78 is 2.01. The third-order valence-electron chi connectivity index (χ3n) is 3.08. The minimum Gasteiger partial charge on any atom is -0.326 e. The zero-order valence-corrected chi connectivity index (χ0v) is 10.2. The van der Waals surface area contributed by atoms with Gasteiger partial charge in [0.05, 0.1) is 0 Å². The third kappa shape index (κ3) is 1.67. The van der Waals surface area contributed by atoms with E-state index >= 15 is 0 Å². The van der Waals surface area contributed by atoms with Crippen molar-refractivity contribution in [1.82, 2.24) is 14.6 Å². The fraction of sp³-hybridized carbons (Fsp3) is 0.143. The van der Waals surface area contributed by atoms with E-state index in [0.29, 0.717) is 6.54 Å². The van der Waals surface area contributed by atoms with Crippen LogP contribution in [0.5, 0.6) is 0 Å². The molecule has 3 rings (SSSR count). The third-order valence-corrected chi connectivity index (χ3v) is 3.08. The molecule has 2 heterocycles. The van der Waals surface area contributed by atoms with Gasteiger partial charge in [-0.15, -0.1) is 10.2 Å². The molecule has 0 aliphatic carbocycles. The van der Waals surface area contributed by atoms with Crippen LogP contribution in [0.1, 0.15) is 11.1 Å². The molecule has 2 aromatic heterocycles. The van der Waals surface area contributed by atoms with Crippen LogP contribution < -0.4 is 5.73 Å². The Balaban J connectivity index is 2.16. The number of nitrogens with two attached hydrogens (primary N) is 1. The Kier molecular flexibility index (Phi) is 2.57. The van der Waals surface area contributed by atoms with Crippen LogP contribution in [-0.4, -0.2) is 14.6 Å². The second-order valence-corrected chi connectivity index (χ2v) is 4.31. The fourth-order valence-corrected chi connectivity index (χ4v) is 2.04. The number of nitrogens with zero attached hydrogens (tertiary/aromatic N) is 3. The Bertz CT molecular complexity index is 683. The number of pyridine rings is 1. The van der Waals surface area contributed by atoms with E-state index in [-0.39, 0.29) is 0 Å². The lowest BCUT2D eigenvalue weighted by Gasteiger charge is -2.02. The average Bonchev–Trinajstić information content (AvgIpc) is 2.84. The predicted molar refractivity (Wildman–Crippen MR) is 71.1 cm³/mol. The molecule has 0 aliphatic heterocycles. The Hall–Kier alpha value is -2.20. The molecule has 0 saturated carbocycles. The van der Waals surface area contributed by atoms with Crippen LogP contribution in [0.15, 0.2) is 42.6 Å². The summed E-state index contributed by atoms with van der Waals surface area (Å²) in [6, 6.07) is 12.1. The molecule has 0 bridgehead atoms. The normalized spacial score (nSPS) is 11.0. The first-order valence-electron chi connectivity index (χ1n) is 5.89. The van der Waals surface area contributed by atoms with Gasteiger partial charge in [0.2, 0.25) is 0 Å². The van der Waals surface area contributed by atoms with E-state index in [4.69, 9.17) is 5.73 Å². The molecule has 90 valence electrons. The lowest BCUT2D eigenvalue weighted by Crippen LogP contribution is -1.96. The van der Waals surface area contributed by atoms with Crippen LogP contribution in [0.4, 0.5) is 0 Å². The van der Waals surface area contributed by atoms with Gasteiger partial charge in [0.15, 0.2) is 11.5 Å². The molecular weight excluding hydrogens is 224 g/mol. The van der Waals surface area contributed by atoms with Crippen molar-refractivity contribution >= 4 is 5.65 Å². The van der Waals surface area contributed by atoms with Crippen LogP contribution in [-0.2, 0) is 6.54 Å². The van der Waals surface area contributed by atoms with Crippen molar-refractivity contribution < 1.29 is 0 Å². The quantitative estimate of drug-likeness (QED) is 0.744. The van der Waals surface area contributed by atoms with Crippen molar-refractivity contribution in [3.8, 4) is 11.4 Å². The minimum absolute atomic E-state index is 0.556. The van der Waals surface area contributed by atoms with Gasteiger partial charge in [0.25, 0.3) is 0 Å². The van der Waals surface area contributed by atoms with E-state index in [0.717, 1.165) is 28.2 Å². The second kappa shape index (κ2) is 4.23. The lowest BCUT2D eigenvalue weighted by molar-refractivity contribution is 1.07. The largest absolute Gasteiger partial charge is 0.326 e. The van der Waals surface area contributed by atoms with Crippen molar-refractivity contribution in [2.45, 2.75) is 13.5 Å². The highest BCUT2D eigenvalue weighted by atomic mass is 15.2. The van der Waals surface area contributed by atoms with Gasteiger partial charge in [-0.1, -0.05) is 30.3 Å². The summed E-state index contributed by atoms with van der Waals surface area (Å²) in [5.74, 6) is 0.859. The standard InChI is InChI=1S/C14H14N4/c1-10-3-2-8-18-13(10)16-17-14(18)12-6-4-11(9-15)5-7-12/h2-8H,9,15H2,1H3. The van der Waals surface area contributed by atoms with Gasteiger partial charge >= 0.3 is 0 Å². The molecule has 0 radical (unpaired) electrons. The molecule has 0 saturated heterocycles. The van der Waals surface area contributed by atoms with Crippen LogP contribution in [0.2, 0.25) is 0 Å². The van der Waals surface area contributed by atoms with Gasteiger partial charge in [0.1, 0.15) is 0 Å². The first kappa shape index (κ1) is 10.9. The monoisotopic (exact) mass is 238 g/mol. The van der Waals surface area contributed by atoms with Crippen molar-refractivity contribution in [3.05, 3.63) is 53.7 Å². The van der Waals surface area contributed by atoms with Crippen molar-refractivity contribution in [3.63, 3.8) is 0 Å². The maximum absolute atomic E-state index is 5.60. The number of hydrogen-bond donors (Lipinski definition) is 1. The Morgan fingerprint density at radius 1 is 1.11 bits per heavy atom. The number of benzene rings is 1. The number of rotatable bonds is 2. The molecule has 18 heavy (non-hydrogen) atoms. The predicted octanol–water partition coefficient (Wildman–Crippen LogP) is 2.16. The molecule has 0 unspecified atom stereocenters. The van der Waals surface area contributed by atoms with E-state index in [1.165, 1.54) is 0 Å². The number of hydrogen-bond acceptors (Lipinski definition) is 3. The highest BCUT2D eigenvalue weighted by Crippen LogP contribution is 2.20. The van der Waals surface area contributed by atoms with Crippen molar-refractivity contribution in [1.29, 1.82) is 0 Å². The van der Waals surface area contributed by atoms with E-state index in [9.17, 15) is 0 Å². The highest BCUT2D eigenvalue weighted by Gasteiger charge is 2.08. The van der Waals surface area contributed by atoms with Crippen LogP contribution in [0, 0.1) is 6.92 Å². The van der Waals surface area contributed by atoms with Crippen molar-refractivity contribution in [2.24, 2.45) is 5.73 Å². The number of fused-ring (bicyclic) bond motifs is 1. The first-order valence-corrected chi connectivity index (χ1v) is 5.89. The molecule has 2 N–H and O–H groups in total. The molecule has 0 aliphatic rings. The summed E-state index contributed by atoms with van der Waals surface area (Å²) >= 11 is 0. The van der Waals surface area contributed by atoms with Crippen LogP contribution >= 0.6 is 0 Å². The van der Waals surface area contributed by atoms with Gasteiger partial charge in [-0.3, -0.25) is 4.40 Å². The summed E-state index contributed by atoms with van der Waals surface area (Å²) in [7, 11) is 0. The zero-order valence-electron chi connectivity index (χ0n) is 10.2. The van der Waals surface area contributed by atoms with E-state index in [1.54, 1.807) is 0 Å². The van der Waals surface area contributed by atoms with Crippen LogP contribution in [0.3, 0.4) is 0 Å². The SMILES string of the molecule is Cc1cccn2c(-c3ccc(CN)cc3)nnc12. The maximum Gasteiger partial charge on any atom is 0.168 e. The minimum atomic E-state index is 0.556. The molecule has 0 spiro atoms. The summed E-state index contributed by atoms with van der Waals surface area (Å²) in [5.41, 5.74) is 9.78.